The van der Waals surface area contributed by atoms with Gasteiger partial charge in [-0.2, -0.15) is 0 Å². The van der Waals surface area contributed by atoms with Gasteiger partial charge in [-0.3, -0.25) is 9.59 Å². The first kappa shape index (κ1) is 15.4. The van der Waals surface area contributed by atoms with Gasteiger partial charge in [-0.15, -0.1) is 0 Å². The van der Waals surface area contributed by atoms with Crippen molar-refractivity contribution in [3.8, 4) is 0 Å². The van der Waals surface area contributed by atoms with Crippen molar-refractivity contribution in [1.82, 2.24) is 15.6 Å². The van der Waals surface area contributed by atoms with Gasteiger partial charge in [-0.1, -0.05) is 25.4 Å². The number of amides is 2. The molecule has 0 saturated heterocycles. The molecule has 0 atom stereocenters. The molecule has 2 N–H and O–H groups in total. The summed E-state index contributed by atoms with van der Waals surface area (Å²) < 4.78 is 0. The quantitative estimate of drug-likeness (QED) is 0.638. The maximum Gasteiger partial charge on any atom is 0.251 e. The second-order valence-electron chi connectivity index (χ2n) is 4.50. The average molecular weight is 284 g/mol. The van der Waals surface area contributed by atoms with E-state index >= 15 is 0 Å². The Balaban J connectivity index is 2.64. The van der Waals surface area contributed by atoms with Crippen molar-refractivity contribution < 1.29 is 9.59 Å². The fraction of sp³-hybridized carbons (Fsp3) is 0.462. The maximum atomic E-state index is 11.9. The first-order valence-electron chi connectivity index (χ1n) is 6.10. The van der Waals surface area contributed by atoms with Gasteiger partial charge in [0.25, 0.3) is 5.91 Å². The topological polar surface area (TPSA) is 71.1 Å². The van der Waals surface area contributed by atoms with Crippen LogP contribution in [0.4, 0.5) is 0 Å². The summed E-state index contributed by atoms with van der Waals surface area (Å²) in [5.74, 6) is -0.149. The number of nitrogens with one attached hydrogen (secondary N) is 2. The molecule has 1 aromatic rings. The predicted molar refractivity (Wildman–Crippen MR) is 74.4 cm³/mol. The van der Waals surface area contributed by atoms with Crippen molar-refractivity contribution in [2.45, 2.75) is 26.7 Å². The van der Waals surface area contributed by atoms with E-state index in [0.29, 0.717) is 23.8 Å². The molecule has 5 nitrogen and oxygen atoms in total. The molecule has 0 aromatic carbocycles. The fourth-order valence-corrected chi connectivity index (χ4v) is 1.68. The Labute approximate surface area is 117 Å². The van der Waals surface area contributed by atoms with Gasteiger partial charge in [-0.25, -0.2) is 4.98 Å². The normalized spacial score (nSPS) is 10.4. The molecule has 0 unspecified atom stereocenters. The van der Waals surface area contributed by atoms with Crippen molar-refractivity contribution in [3.63, 3.8) is 0 Å². The number of pyridine rings is 1. The van der Waals surface area contributed by atoms with E-state index in [1.807, 2.05) is 13.8 Å². The van der Waals surface area contributed by atoms with Crippen molar-refractivity contribution in [2.75, 3.05) is 13.1 Å². The smallest absolute Gasteiger partial charge is 0.251 e. The molecule has 0 saturated carbocycles. The molecule has 0 aliphatic heterocycles. The molecule has 2 amide bonds. The van der Waals surface area contributed by atoms with Gasteiger partial charge in [0.15, 0.2) is 0 Å². The first-order valence-corrected chi connectivity index (χ1v) is 6.48. The zero-order chi connectivity index (χ0) is 14.4. The van der Waals surface area contributed by atoms with Crippen LogP contribution in [-0.4, -0.2) is 29.9 Å². The number of rotatable bonds is 5. The van der Waals surface area contributed by atoms with Crippen LogP contribution in [0, 0.1) is 0 Å². The van der Waals surface area contributed by atoms with Gasteiger partial charge in [0.05, 0.1) is 0 Å². The van der Waals surface area contributed by atoms with Gasteiger partial charge in [0.1, 0.15) is 5.15 Å². The fourth-order valence-electron chi connectivity index (χ4n) is 1.46. The SMILES string of the molecule is CC(=O)NCCNC(=O)c1cc(Cl)nc(C(C)C)c1. The molecule has 0 spiro atoms. The van der Waals surface area contributed by atoms with Gasteiger partial charge in [0.2, 0.25) is 5.91 Å². The lowest BCUT2D eigenvalue weighted by Gasteiger charge is -2.09. The molecule has 0 bridgehead atoms. The largest absolute Gasteiger partial charge is 0.355 e. The molecule has 1 rings (SSSR count). The van der Waals surface area contributed by atoms with Crippen LogP contribution in [0.5, 0.6) is 0 Å². The predicted octanol–water partition coefficient (Wildman–Crippen LogP) is 1.72. The van der Waals surface area contributed by atoms with Crippen LogP contribution in [0.1, 0.15) is 42.7 Å². The molecule has 1 heterocycles. The van der Waals surface area contributed by atoms with Crippen LogP contribution in [0.3, 0.4) is 0 Å². The molecular formula is C13H18ClN3O2. The molecular weight excluding hydrogens is 266 g/mol. The average Bonchev–Trinajstić information content (AvgIpc) is 2.33. The third-order valence-electron chi connectivity index (χ3n) is 2.45. The Morgan fingerprint density at radius 3 is 2.47 bits per heavy atom. The Morgan fingerprint density at radius 1 is 1.26 bits per heavy atom. The standard InChI is InChI=1S/C13H18ClN3O2/c1-8(2)11-6-10(7-12(14)17-11)13(19)16-5-4-15-9(3)18/h6-8H,4-5H2,1-3H3,(H,15,18)(H,16,19). The van der Waals surface area contributed by atoms with Crippen LogP contribution < -0.4 is 10.6 Å². The van der Waals surface area contributed by atoms with Crippen LogP contribution >= 0.6 is 11.6 Å². The lowest BCUT2D eigenvalue weighted by atomic mass is 10.1. The highest BCUT2D eigenvalue weighted by Crippen LogP contribution is 2.17. The number of halogens is 1. The van der Waals surface area contributed by atoms with Crippen molar-refractivity contribution in [3.05, 3.63) is 28.5 Å². The van der Waals surface area contributed by atoms with E-state index in [0.717, 1.165) is 5.69 Å². The van der Waals surface area contributed by atoms with E-state index < -0.39 is 0 Å². The Bertz CT molecular complexity index is 475. The number of nitrogens with zero attached hydrogens (tertiary/aromatic N) is 1. The van der Waals surface area contributed by atoms with E-state index in [9.17, 15) is 9.59 Å². The maximum absolute atomic E-state index is 11.9. The monoisotopic (exact) mass is 283 g/mol. The van der Waals surface area contributed by atoms with E-state index in [4.69, 9.17) is 11.6 Å². The first-order chi connectivity index (χ1) is 8.90. The molecule has 0 aliphatic rings. The van der Waals surface area contributed by atoms with E-state index in [1.54, 1.807) is 6.07 Å². The van der Waals surface area contributed by atoms with Crippen LogP contribution in [0.2, 0.25) is 5.15 Å². The van der Waals surface area contributed by atoms with Gasteiger partial charge < -0.3 is 10.6 Å². The summed E-state index contributed by atoms with van der Waals surface area (Å²) in [6, 6.07) is 3.26. The van der Waals surface area contributed by atoms with Crippen LogP contribution in [0.15, 0.2) is 12.1 Å². The Morgan fingerprint density at radius 2 is 1.89 bits per heavy atom. The number of carbonyl (C=O) groups is 2. The lowest BCUT2D eigenvalue weighted by molar-refractivity contribution is -0.118. The van der Waals surface area contributed by atoms with Crippen molar-refractivity contribution in [1.29, 1.82) is 0 Å². The third kappa shape index (κ3) is 5.26. The molecule has 1 aromatic heterocycles. The summed E-state index contributed by atoms with van der Waals surface area (Å²) in [5.41, 5.74) is 1.26. The molecule has 104 valence electrons. The van der Waals surface area contributed by atoms with Gasteiger partial charge >= 0.3 is 0 Å². The van der Waals surface area contributed by atoms with Crippen LogP contribution in [-0.2, 0) is 4.79 Å². The third-order valence-corrected chi connectivity index (χ3v) is 2.65. The van der Waals surface area contributed by atoms with E-state index in [1.165, 1.54) is 13.0 Å². The second-order valence-corrected chi connectivity index (χ2v) is 4.88. The van der Waals surface area contributed by atoms with Crippen LogP contribution in [0.25, 0.3) is 0 Å². The van der Waals surface area contributed by atoms with E-state index in [-0.39, 0.29) is 17.7 Å². The minimum Gasteiger partial charge on any atom is -0.355 e. The highest BCUT2D eigenvalue weighted by molar-refractivity contribution is 6.29. The van der Waals surface area contributed by atoms with E-state index in [2.05, 4.69) is 15.6 Å². The van der Waals surface area contributed by atoms with Gasteiger partial charge in [-0.05, 0) is 18.1 Å². The number of carbonyl (C=O) groups excluding carboxylic acids is 2. The molecule has 6 heteroatoms. The summed E-state index contributed by atoms with van der Waals surface area (Å²) in [6.07, 6.45) is 0. The number of aromatic nitrogens is 1. The zero-order valence-electron chi connectivity index (χ0n) is 11.3. The minimum absolute atomic E-state index is 0.122. The van der Waals surface area contributed by atoms with Crippen molar-refractivity contribution >= 4 is 23.4 Å². The summed E-state index contributed by atoms with van der Waals surface area (Å²) in [5, 5.41) is 5.61. The zero-order valence-corrected chi connectivity index (χ0v) is 12.0. The summed E-state index contributed by atoms with van der Waals surface area (Å²) in [4.78, 5) is 26.7. The summed E-state index contributed by atoms with van der Waals surface area (Å²) >= 11 is 5.89. The summed E-state index contributed by atoms with van der Waals surface area (Å²) in [6.45, 7) is 6.17. The lowest BCUT2D eigenvalue weighted by Crippen LogP contribution is -2.33. The highest BCUT2D eigenvalue weighted by atomic mass is 35.5. The van der Waals surface area contributed by atoms with Crippen molar-refractivity contribution in [2.24, 2.45) is 0 Å². The second kappa shape index (κ2) is 7.09. The highest BCUT2D eigenvalue weighted by Gasteiger charge is 2.10. The summed E-state index contributed by atoms with van der Waals surface area (Å²) in [7, 11) is 0. The number of hydrogen-bond acceptors (Lipinski definition) is 3. The molecule has 0 fully saturated rings. The Hall–Kier alpha value is -1.62. The molecule has 0 radical (unpaired) electrons. The molecule has 0 aliphatic carbocycles. The number of hydrogen-bond donors (Lipinski definition) is 2. The Kier molecular flexibility index (Phi) is 5.76. The minimum atomic E-state index is -0.225. The van der Waals surface area contributed by atoms with Gasteiger partial charge in [0, 0.05) is 31.3 Å². The molecule has 19 heavy (non-hydrogen) atoms.